The first-order valence-corrected chi connectivity index (χ1v) is 8.56. The van der Waals surface area contributed by atoms with Crippen molar-refractivity contribution in [3.63, 3.8) is 0 Å². The Bertz CT molecular complexity index is 1050. The lowest BCUT2D eigenvalue weighted by molar-refractivity contribution is 0.307. The van der Waals surface area contributed by atoms with Gasteiger partial charge >= 0.3 is 0 Å². The number of para-hydroxylation sites is 1. The molecule has 0 fully saturated rings. The summed E-state index contributed by atoms with van der Waals surface area (Å²) in [7, 11) is 0. The second kappa shape index (κ2) is 6.59. The molecular formula is C21H20N4O. The summed E-state index contributed by atoms with van der Waals surface area (Å²) in [4.78, 5) is 13.3. The first-order chi connectivity index (χ1) is 12.6. The Morgan fingerprint density at radius 1 is 1.08 bits per heavy atom. The van der Waals surface area contributed by atoms with Gasteiger partial charge in [-0.25, -0.2) is 9.97 Å². The summed E-state index contributed by atoms with van der Waals surface area (Å²) in [6.45, 7) is 6.55. The van der Waals surface area contributed by atoms with Gasteiger partial charge in [0.15, 0.2) is 0 Å². The topological polar surface area (TPSA) is 52.8 Å². The normalized spacial score (nSPS) is 11.0. The van der Waals surface area contributed by atoms with Crippen molar-refractivity contribution in [1.29, 1.82) is 0 Å². The first-order valence-electron chi connectivity index (χ1n) is 8.56. The molecule has 1 aromatic carbocycles. The zero-order valence-corrected chi connectivity index (χ0v) is 15.1. The molecule has 0 unspecified atom stereocenters. The van der Waals surface area contributed by atoms with E-state index < -0.39 is 0 Å². The number of imidazole rings is 1. The number of aryl methyl sites for hydroxylation is 3. The largest absolute Gasteiger partial charge is 0.487 e. The molecule has 3 aromatic heterocycles. The predicted octanol–water partition coefficient (Wildman–Crippen LogP) is 4.32. The molecule has 4 aromatic rings. The van der Waals surface area contributed by atoms with Crippen LogP contribution in [-0.2, 0) is 6.61 Å². The van der Waals surface area contributed by atoms with E-state index in [4.69, 9.17) is 9.72 Å². The molecule has 0 saturated carbocycles. The van der Waals surface area contributed by atoms with Gasteiger partial charge in [-0.15, -0.1) is 0 Å². The van der Waals surface area contributed by atoms with Crippen LogP contribution >= 0.6 is 0 Å². The standard InChI is InChI=1S/C21H20N4O/c1-14-7-8-23-16(3)18(14)12-26-20-6-4-5-17-19(25-10-9-22-13-25)11-15(2)24-21(17)20/h4-11,13H,12H2,1-3H3. The number of rotatable bonds is 4. The van der Waals surface area contributed by atoms with Gasteiger partial charge in [0.1, 0.15) is 17.9 Å². The third-order valence-electron chi connectivity index (χ3n) is 4.57. The number of ether oxygens (including phenoxy) is 1. The lowest BCUT2D eigenvalue weighted by Crippen LogP contribution is -2.03. The van der Waals surface area contributed by atoms with E-state index in [0.29, 0.717) is 6.61 Å². The Morgan fingerprint density at radius 2 is 1.96 bits per heavy atom. The fourth-order valence-electron chi connectivity index (χ4n) is 3.15. The molecule has 0 radical (unpaired) electrons. The molecule has 0 bridgehead atoms. The van der Waals surface area contributed by atoms with Crippen molar-refractivity contribution in [2.24, 2.45) is 0 Å². The Morgan fingerprint density at radius 3 is 2.73 bits per heavy atom. The lowest BCUT2D eigenvalue weighted by atomic mass is 10.1. The van der Waals surface area contributed by atoms with Crippen molar-refractivity contribution < 1.29 is 4.74 Å². The van der Waals surface area contributed by atoms with E-state index in [9.17, 15) is 0 Å². The molecule has 0 N–H and O–H groups in total. The van der Waals surface area contributed by atoms with E-state index in [-0.39, 0.29) is 0 Å². The summed E-state index contributed by atoms with van der Waals surface area (Å²) >= 11 is 0. The SMILES string of the molecule is Cc1cc(-n2ccnc2)c2cccc(OCc3c(C)ccnc3C)c2n1. The third-order valence-corrected chi connectivity index (χ3v) is 4.57. The molecule has 0 atom stereocenters. The lowest BCUT2D eigenvalue weighted by Gasteiger charge is -2.14. The number of nitrogens with zero attached hydrogens (tertiary/aromatic N) is 4. The van der Waals surface area contributed by atoms with Crippen molar-refractivity contribution in [3.8, 4) is 11.4 Å². The van der Waals surface area contributed by atoms with Crippen LogP contribution in [0.25, 0.3) is 16.6 Å². The van der Waals surface area contributed by atoms with Crippen molar-refractivity contribution in [3.05, 3.63) is 77.8 Å². The minimum Gasteiger partial charge on any atom is -0.487 e. The monoisotopic (exact) mass is 344 g/mol. The van der Waals surface area contributed by atoms with Gasteiger partial charge in [-0.3, -0.25) is 4.98 Å². The molecule has 0 aliphatic carbocycles. The Balaban J connectivity index is 1.77. The summed E-state index contributed by atoms with van der Waals surface area (Å²) in [6, 6.07) is 10.1. The molecular weight excluding hydrogens is 324 g/mol. The Kier molecular flexibility index (Phi) is 4.13. The van der Waals surface area contributed by atoms with E-state index in [1.807, 2.05) is 49.0 Å². The number of fused-ring (bicyclic) bond motifs is 1. The van der Waals surface area contributed by atoms with Crippen molar-refractivity contribution in [1.82, 2.24) is 19.5 Å². The average molecular weight is 344 g/mol. The molecule has 0 aliphatic heterocycles. The molecule has 0 aliphatic rings. The number of hydrogen-bond acceptors (Lipinski definition) is 4. The van der Waals surface area contributed by atoms with Crippen LogP contribution in [0.4, 0.5) is 0 Å². The maximum Gasteiger partial charge on any atom is 0.146 e. The van der Waals surface area contributed by atoms with Crippen LogP contribution < -0.4 is 4.74 Å². The van der Waals surface area contributed by atoms with Crippen molar-refractivity contribution in [2.45, 2.75) is 27.4 Å². The molecule has 5 heteroatoms. The predicted molar refractivity (Wildman–Crippen MR) is 102 cm³/mol. The number of benzene rings is 1. The fourth-order valence-corrected chi connectivity index (χ4v) is 3.15. The third kappa shape index (κ3) is 2.92. The zero-order chi connectivity index (χ0) is 18.1. The van der Waals surface area contributed by atoms with Crippen LogP contribution in [0.1, 0.15) is 22.5 Å². The van der Waals surface area contributed by atoms with Crippen LogP contribution in [0.5, 0.6) is 5.75 Å². The quantitative estimate of drug-likeness (QED) is 0.553. The number of pyridine rings is 2. The van der Waals surface area contributed by atoms with Gasteiger partial charge in [0.25, 0.3) is 0 Å². The van der Waals surface area contributed by atoms with E-state index in [1.54, 1.807) is 12.5 Å². The molecule has 0 amide bonds. The number of hydrogen-bond donors (Lipinski definition) is 0. The number of aromatic nitrogens is 4. The molecule has 5 nitrogen and oxygen atoms in total. The molecule has 0 saturated heterocycles. The summed E-state index contributed by atoms with van der Waals surface area (Å²) in [6.07, 6.45) is 7.33. The van der Waals surface area contributed by atoms with Crippen LogP contribution in [0.15, 0.2) is 55.2 Å². The highest BCUT2D eigenvalue weighted by molar-refractivity contribution is 5.91. The molecule has 26 heavy (non-hydrogen) atoms. The minimum atomic E-state index is 0.473. The summed E-state index contributed by atoms with van der Waals surface area (Å²) < 4.78 is 8.16. The van der Waals surface area contributed by atoms with Crippen molar-refractivity contribution in [2.75, 3.05) is 0 Å². The van der Waals surface area contributed by atoms with E-state index in [2.05, 4.69) is 29.0 Å². The second-order valence-electron chi connectivity index (χ2n) is 6.39. The first kappa shape index (κ1) is 16.3. The summed E-state index contributed by atoms with van der Waals surface area (Å²) in [5.74, 6) is 0.773. The van der Waals surface area contributed by atoms with E-state index in [0.717, 1.165) is 39.3 Å². The summed E-state index contributed by atoms with van der Waals surface area (Å²) in [5.41, 5.74) is 6.13. The van der Waals surface area contributed by atoms with Crippen LogP contribution in [-0.4, -0.2) is 19.5 Å². The van der Waals surface area contributed by atoms with Gasteiger partial charge < -0.3 is 9.30 Å². The molecule has 4 rings (SSSR count). The van der Waals surface area contributed by atoms with Gasteiger partial charge in [-0.2, -0.15) is 0 Å². The molecule has 0 spiro atoms. The van der Waals surface area contributed by atoms with Gasteiger partial charge in [0.05, 0.1) is 12.0 Å². The highest BCUT2D eigenvalue weighted by Crippen LogP contribution is 2.30. The van der Waals surface area contributed by atoms with Crippen molar-refractivity contribution >= 4 is 10.9 Å². The maximum absolute atomic E-state index is 6.17. The van der Waals surface area contributed by atoms with Gasteiger partial charge in [0, 0.05) is 40.9 Å². The van der Waals surface area contributed by atoms with Gasteiger partial charge in [0.2, 0.25) is 0 Å². The highest BCUT2D eigenvalue weighted by Gasteiger charge is 2.12. The summed E-state index contributed by atoms with van der Waals surface area (Å²) in [5, 5.41) is 1.03. The van der Waals surface area contributed by atoms with Gasteiger partial charge in [-0.05, 0) is 44.5 Å². The maximum atomic E-state index is 6.17. The smallest absolute Gasteiger partial charge is 0.146 e. The fraction of sp³-hybridized carbons (Fsp3) is 0.190. The van der Waals surface area contributed by atoms with Crippen LogP contribution in [0.2, 0.25) is 0 Å². The van der Waals surface area contributed by atoms with Crippen LogP contribution in [0, 0.1) is 20.8 Å². The zero-order valence-electron chi connectivity index (χ0n) is 15.1. The van der Waals surface area contributed by atoms with Gasteiger partial charge in [-0.1, -0.05) is 12.1 Å². The Hall–Kier alpha value is -3.21. The van der Waals surface area contributed by atoms with Crippen LogP contribution in [0.3, 0.4) is 0 Å². The van der Waals surface area contributed by atoms with E-state index in [1.165, 1.54) is 5.56 Å². The minimum absolute atomic E-state index is 0.473. The second-order valence-corrected chi connectivity index (χ2v) is 6.39. The van der Waals surface area contributed by atoms with E-state index >= 15 is 0 Å². The Labute approximate surface area is 152 Å². The average Bonchev–Trinajstić information content (AvgIpc) is 3.15. The molecule has 130 valence electrons. The highest BCUT2D eigenvalue weighted by atomic mass is 16.5. The molecule has 3 heterocycles.